The van der Waals surface area contributed by atoms with Gasteiger partial charge in [0.25, 0.3) is 11.8 Å². The second kappa shape index (κ2) is 15.5. The molecule has 4 amide bonds. The summed E-state index contributed by atoms with van der Waals surface area (Å²) in [4.78, 5) is 68.4. The van der Waals surface area contributed by atoms with Gasteiger partial charge in [0.1, 0.15) is 35.2 Å². The molecular formula is C42H50N10O5. The van der Waals surface area contributed by atoms with E-state index in [1.54, 1.807) is 24.5 Å². The molecular weight excluding hydrogens is 725 g/mol. The smallest absolute Gasteiger partial charge is 0.264 e. The predicted molar refractivity (Wildman–Crippen MR) is 214 cm³/mol. The standard InChI is InChI=1S/C42H50N10O5/c1-42(13-14-42)57-28-7-8-31-30(23-28)38(48-47-31)33-24-35(45-26-44-33)51-21-19-50(20-22-51)25-27-11-17-49(18-12-27)16-3-2-15-43-32-6-4-5-29-37(32)41(56)52(40(29)55)34-9-10-36(53)46-39(34)54/h4-8,23-24,26-27,34,43H,2-3,9-22,25H2,1H3,(H,47,48)(H,46,53,54). The number of piperazine rings is 1. The van der Waals surface area contributed by atoms with Crippen molar-refractivity contribution in [2.75, 3.05) is 69.1 Å². The number of likely N-dealkylation sites (tertiary alicyclic amines) is 1. The second-order valence-electron chi connectivity index (χ2n) is 16.5. The number of hydrogen-bond acceptors (Lipinski definition) is 12. The number of rotatable bonds is 13. The van der Waals surface area contributed by atoms with Crippen LogP contribution >= 0.6 is 0 Å². The molecule has 9 rings (SSSR count). The van der Waals surface area contributed by atoms with Crippen LogP contribution in [0.5, 0.6) is 5.75 Å². The summed E-state index contributed by atoms with van der Waals surface area (Å²) in [6, 6.07) is 12.4. The topological polar surface area (TPSA) is 169 Å². The second-order valence-corrected chi connectivity index (χ2v) is 16.5. The van der Waals surface area contributed by atoms with Gasteiger partial charge in [0.05, 0.1) is 22.3 Å². The maximum absolute atomic E-state index is 13.4. The highest BCUT2D eigenvalue weighted by atomic mass is 16.5. The number of carbonyl (C=O) groups excluding carboxylic acids is 4. The molecule has 0 spiro atoms. The summed E-state index contributed by atoms with van der Waals surface area (Å²) >= 11 is 0. The van der Waals surface area contributed by atoms with E-state index in [1.807, 2.05) is 12.1 Å². The number of hydrogen-bond donors (Lipinski definition) is 3. The number of nitrogens with zero attached hydrogens (tertiary/aromatic N) is 7. The Balaban J connectivity index is 0.696. The minimum absolute atomic E-state index is 0.0453. The van der Waals surface area contributed by atoms with E-state index in [-0.39, 0.29) is 24.3 Å². The Morgan fingerprint density at radius 1 is 0.895 bits per heavy atom. The van der Waals surface area contributed by atoms with Gasteiger partial charge in [-0.15, -0.1) is 0 Å². The van der Waals surface area contributed by atoms with E-state index in [4.69, 9.17) is 4.74 Å². The Kier molecular flexibility index (Phi) is 10.1. The molecule has 1 atom stereocenters. The number of imide groups is 2. The van der Waals surface area contributed by atoms with Crippen LogP contribution in [-0.4, -0.2) is 129 Å². The first-order chi connectivity index (χ1) is 27.7. The first-order valence-corrected chi connectivity index (χ1v) is 20.5. The van der Waals surface area contributed by atoms with Crippen LogP contribution in [0.1, 0.15) is 79.0 Å². The number of fused-ring (bicyclic) bond motifs is 2. The predicted octanol–water partition coefficient (Wildman–Crippen LogP) is 4.08. The molecule has 2 aromatic carbocycles. The molecule has 3 N–H and O–H groups in total. The number of H-pyrrole nitrogens is 1. The van der Waals surface area contributed by atoms with E-state index in [1.165, 1.54) is 12.8 Å². The van der Waals surface area contributed by atoms with E-state index in [0.717, 1.165) is 117 Å². The van der Waals surface area contributed by atoms with Crippen LogP contribution in [0.3, 0.4) is 0 Å². The van der Waals surface area contributed by atoms with Gasteiger partial charge < -0.3 is 19.9 Å². The first kappa shape index (κ1) is 37.2. The molecule has 298 valence electrons. The van der Waals surface area contributed by atoms with Crippen LogP contribution in [0.2, 0.25) is 0 Å². The molecule has 15 heteroatoms. The normalized spacial score (nSPS) is 21.6. The molecule has 15 nitrogen and oxygen atoms in total. The van der Waals surface area contributed by atoms with Crippen molar-refractivity contribution in [1.29, 1.82) is 0 Å². The van der Waals surface area contributed by atoms with Crippen LogP contribution in [-0.2, 0) is 9.59 Å². The molecule has 1 aliphatic carbocycles. The van der Waals surface area contributed by atoms with Crippen molar-refractivity contribution in [3.63, 3.8) is 0 Å². The largest absolute Gasteiger partial charge is 0.488 e. The van der Waals surface area contributed by atoms with Gasteiger partial charge >= 0.3 is 0 Å². The number of aromatic nitrogens is 4. The molecule has 4 aliphatic heterocycles. The van der Waals surface area contributed by atoms with Crippen molar-refractivity contribution in [1.82, 2.24) is 40.2 Å². The van der Waals surface area contributed by atoms with Crippen molar-refractivity contribution in [2.45, 2.75) is 69.9 Å². The lowest BCUT2D eigenvalue weighted by Gasteiger charge is -2.39. The molecule has 57 heavy (non-hydrogen) atoms. The Labute approximate surface area is 331 Å². The number of aromatic amines is 1. The SMILES string of the molecule is CC1(Oc2ccc3[nH]nc(-c4cc(N5CCN(CC6CCN(CCCCNc7cccc8c7C(=O)N(C7CCC(=O)NC7=O)C8=O)CC6)CC5)ncn4)c3c2)CC1. The monoisotopic (exact) mass is 774 g/mol. The summed E-state index contributed by atoms with van der Waals surface area (Å²) in [5, 5.41) is 14.4. The highest BCUT2D eigenvalue weighted by Crippen LogP contribution is 2.41. The highest BCUT2D eigenvalue weighted by Gasteiger charge is 2.45. The number of unbranched alkanes of at least 4 members (excludes halogenated alkanes) is 1. The summed E-state index contributed by atoms with van der Waals surface area (Å²) < 4.78 is 6.22. The summed E-state index contributed by atoms with van der Waals surface area (Å²) in [7, 11) is 0. The Morgan fingerprint density at radius 2 is 1.72 bits per heavy atom. The van der Waals surface area contributed by atoms with Crippen molar-refractivity contribution < 1.29 is 23.9 Å². The van der Waals surface area contributed by atoms with Crippen LogP contribution in [0, 0.1) is 5.92 Å². The van der Waals surface area contributed by atoms with E-state index in [0.29, 0.717) is 29.3 Å². The molecule has 1 saturated carbocycles. The van der Waals surface area contributed by atoms with Gasteiger partial charge in [-0.1, -0.05) is 6.07 Å². The van der Waals surface area contributed by atoms with Crippen LogP contribution in [0.15, 0.2) is 48.8 Å². The third kappa shape index (κ3) is 7.82. The number of nitrogens with one attached hydrogen (secondary N) is 3. The lowest BCUT2D eigenvalue weighted by molar-refractivity contribution is -0.136. The zero-order valence-electron chi connectivity index (χ0n) is 32.5. The number of carbonyl (C=O) groups is 4. The van der Waals surface area contributed by atoms with Gasteiger partial charge in [0.15, 0.2) is 0 Å². The number of piperidine rings is 2. The third-order valence-corrected chi connectivity index (χ3v) is 12.4. The molecule has 4 aromatic rings. The van der Waals surface area contributed by atoms with Gasteiger partial charge in [-0.25, -0.2) is 9.97 Å². The quantitative estimate of drug-likeness (QED) is 0.132. The molecule has 0 radical (unpaired) electrons. The maximum atomic E-state index is 13.4. The van der Waals surface area contributed by atoms with E-state index in [2.05, 4.69) is 64.6 Å². The minimum Gasteiger partial charge on any atom is -0.488 e. The summed E-state index contributed by atoms with van der Waals surface area (Å²) in [5.41, 5.74) is 3.74. The van der Waals surface area contributed by atoms with Gasteiger partial charge in [0.2, 0.25) is 11.8 Å². The lowest BCUT2D eigenvalue weighted by atomic mass is 9.95. The zero-order chi connectivity index (χ0) is 39.1. The lowest BCUT2D eigenvalue weighted by Crippen LogP contribution is -2.54. The summed E-state index contributed by atoms with van der Waals surface area (Å²) in [5.74, 6) is 0.537. The average Bonchev–Trinajstić information content (AvgIpc) is 3.69. The minimum atomic E-state index is -0.969. The van der Waals surface area contributed by atoms with Crippen molar-refractivity contribution in [3.8, 4) is 17.1 Å². The number of ether oxygens (including phenoxy) is 1. The van der Waals surface area contributed by atoms with Crippen molar-refractivity contribution >= 4 is 46.0 Å². The Bertz CT molecular complexity index is 2190. The highest BCUT2D eigenvalue weighted by molar-refractivity contribution is 6.25. The van der Waals surface area contributed by atoms with Gasteiger partial charge in [0, 0.05) is 62.8 Å². The molecule has 1 unspecified atom stereocenters. The van der Waals surface area contributed by atoms with E-state index >= 15 is 0 Å². The third-order valence-electron chi connectivity index (χ3n) is 12.4. The summed E-state index contributed by atoms with van der Waals surface area (Å²) in [6.07, 6.45) is 8.41. The van der Waals surface area contributed by atoms with Crippen LogP contribution in [0.25, 0.3) is 22.3 Å². The van der Waals surface area contributed by atoms with Crippen LogP contribution < -0.4 is 20.3 Å². The number of anilines is 2. The number of amides is 4. The summed E-state index contributed by atoms with van der Waals surface area (Å²) in [6.45, 7) is 11.1. The first-order valence-electron chi connectivity index (χ1n) is 20.5. The van der Waals surface area contributed by atoms with Crippen LogP contribution in [0.4, 0.5) is 11.5 Å². The Morgan fingerprint density at radius 3 is 2.51 bits per heavy atom. The van der Waals surface area contributed by atoms with Crippen molar-refractivity contribution in [2.24, 2.45) is 5.92 Å². The van der Waals surface area contributed by atoms with Gasteiger partial charge in [-0.2, -0.15) is 5.10 Å². The zero-order valence-corrected chi connectivity index (χ0v) is 32.5. The van der Waals surface area contributed by atoms with Crippen molar-refractivity contribution in [3.05, 3.63) is 59.9 Å². The Hall–Kier alpha value is -5.41. The van der Waals surface area contributed by atoms with E-state index in [9.17, 15) is 19.2 Å². The average molecular weight is 775 g/mol. The molecule has 2 aromatic heterocycles. The van der Waals surface area contributed by atoms with E-state index < -0.39 is 23.8 Å². The molecule has 5 aliphatic rings. The maximum Gasteiger partial charge on any atom is 0.264 e. The molecule has 3 saturated heterocycles. The molecule has 0 bridgehead atoms. The fourth-order valence-corrected chi connectivity index (χ4v) is 8.73. The van der Waals surface area contributed by atoms with Gasteiger partial charge in [-0.3, -0.25) is 39.4 Å². The fraction of sp³-hybridized carbons (Fsp3) is 0.500. The molecule has 6 heterocycles. The fourth-order valence-electron chi connectivity index (χ4n) is 8.73. The number of benzene rings is 2. The van der Waals surface area contributed by atoms with Gasteiger partial charge in [-0.05, 0) is 108 Å². The molecule has 4 fully saturated rings.